The van der Waals surface area contributed by atoms with Crippen molar-refractivity contribution >= 4 is 17.3 Å². The third-order valence-electron chi connectivity index (χ3n) is 3.11. The van der Waals surface area contributed by atoms with E-state index in [9.17, 15) is 0 Å². The average molecular weight is 317 g/mol. The van der Waals surface area contributed by atoms with Crippen molar-refractivity contribution < 1.29 is 4.74 Å². The van der Waals surface area contributed by atoms with E-state index >= 15 is 0 Å². The summed E-state index contributed by atoms with van der Waals surface area (Å²) in [7, 11) is 1.71. The van der Waals surface area contributed by atoms with Gasteiger partial charge in [-0.1, -0.05) is 30.3 Å². The zero-order chi connectivity index (χ0) is 15.6. The van der Waals surface area contributed by atoms with E-state index in [1.165, 1.54) is 16.0 Å². The SMILES string of the molecule is CCNC(=NCc1ccc(COC)cc1)NCc1cccs1. The first-order valence-electron chi connectivity index (χ1n) is 7.43. The molecule has 0 unspecified atom stereocenters. The molecule has 22 heavy (non-hydrogen) atoms. The number of benzene rings is 1. The van der Waals surface area contributed by atoms with Gasteiger partial charge in [0.25, 0.3) is 0 Å². The highest BCUT2D eigenvalue weighted by Crippen LogP contribution is 2.08. The number of aliphatic imine (C=N–C) groups is 1. The van der Waals surface area contributed by atoms with E-state index in [0.29, 0.717) is 13.2 Å². The topological polar surface area (TPSA) is 45.7 Å². The van der Waals surface area contributed by atoms with Crippen LogP contribution in [0.2, 0.25) is 0 Å². The van der Waals surface area contributed by atoms with Gasteiger partial charge in [0, 0.05) is 18.5 Å². The van der Waals surface area contributed by atoms with Crippen molar-refractivity contribution in [3.05, 3.63) is 57.8 Å². The summed E-state index contributed by atoms with van der Waals surface area (Å²) < 4.78 is 5.12. The normalized spacial score (nSPS) is 11.5. The second kappa shape index (κ2) is 9.23. The maximum absolute atomic E-state index is 5.12. The summed E-state index contributed by atoms with van der Waals surface area (Å²) in [6.07, 6.45) is 0. The standard InChI is InChI=1S/C17H23N3OS/c1-3-18-17(20-12-16-5-4-10-22-16)19-11-14-6-8-15(9-7-14)13-21-2/h4-10H,3,11-13H2,1-2H3,(H2,18,19,20). The molecule has 0 amide bonds. The van der Waals surface area contributed by atoms with Gasteiger partial charge in [-0.15, -0.1) is 11.3 Å². The molecule has 118 valence electrons. The molecular formula is C17H23N3OS. The van der Waals surface area contributed by atoms with Crippen molar-refractivity contribution in [2.75, 3.05) is 13.7 Å². The Morgan fingerprint density at radius 1 is 1.14 bits per heavy atom. The fourth-order valence-corrected chi connectivity index (χ4v) is 2.65. The lowest BCUT2D eigenvalue weighted by atomic mass is 10.1. The van der Waals surface area contributed by atoms with Gasteiger partial charge in [-0.2, -0.15) is 0 Å². The van der Waals surface area contributed by atoms with Crippen LogP contribution >= 0.6 is 11.3 Å². The first-order valence-corrected chi connectivity index (χ1v) is 8.31. The zero-order valence-electron chi connectivity index (χ0n) is 13.1. The Bertz CT molecular complexity index is 564. The van der Waals surface area contributed by atoms with E-state index < -0.39 is 0 Å². The quantitative estimate of drug-likeness (QED) is 0.609. The van der Waals surface area contributed by atoms with Crippen LogP contribution in [0.4, 0.5) is 0 Å². The lowest BCUT2D eigenvalue weighted by Crippen LogP contribution is -2.36. The highest BCUT2D eigenvalue weighted by Gasteiger charge is 1.99. The summed E-state index contributed by atoms with van der Waals surface area (Å²) in [6.45, 7) is 5.03. The molecule has 0 bridgehead atoms. The third-order valence-corrected chi connectivity index (χ3v) is 3.98. The van der Waals surface area contributed by atoms with Gasteiger partial charge >= 0.3 is 0 Å². The van der Waals surface area contributed by atoms with Crippen molar-refractivity contribution in [3.8, 4) is 0 Å². The van der Waals surface area contributed by atoms with E-state index in [2.05, 4.69) is 64.3 Å². The number of rotatable bonds is 7. The molecule has 0 radical (unpaired) electrons. The summed E-state index contributed by atoms with van der Waals surface area (Å²) in [5, 5.41) is 8.71. The van der Waals surface area contributed by atoms with Gasteiger partial charge in [-0.05, 0) is 29.5 Å². The highest BCUT2D eigenvalue weighted by molar-refractivity contribution is 7.09. The number of nitrogens with one attached hydrogen (secondary N) is 2. The molecule has 2 rings (SSSR count). The number of thiophene rings is 1. The number of nitrogens with zero attached hydrogens (tertiary/aromatic N) is 1. The van der Waals surface area contributed by atoms with Crippen LogP contribution in [0.15, 0.2) is 46.8 Å². The molecule has 0 spiro atoms. The maximum atomic E-state index is 5.12. The first-order chi connectivity index (χ1) is 10.8. The number of hydrogen-bond donors (Lipinski definition) is 2. The van der Waals surface area contributed by atoms with Crippen LogP contribution in [0.1, 0.15) is 22.9 Å². The minimum absolute atomic E-state index is 0.647. The van der Waals surface area contributed by atoms with Crippen LogP contribution < -0.4 is 10.6 Å². The minimum atomic E-state index is 0.647. The van der Waals surface area contributed by atoms with Gasteiger partial charge in [0.1, 0.15) is 0 Å². The molecule has 1 heterocycles. The summed E-state index contributed by atoms with van der Waals surface area (Å²) in [5.74, 6) is 0.844. The molecule has 0 saturated carbocycles. The molecule has 2 N–H and O–H groups in total. The number of methoxy groups -OCH3 is 1. The van der Waals surface area contributed by atoms with E-state index in [1.807, 2.05) is 0 Å². The lowest BCUT2D eigenvalue weighted by molar-refractivity contribution is 0.185. The molecule has 0 aliphatic rings. The van der Waals surface area contributed by atoms with E-state index in [4.69, 9.17) is 4.74 Å². The van der Waals surface area contributed by atoms with E-state index in [1.54, 1.807) is 18.4 Å². The Balaban J connectivity index is 1.90. The molecular weight excluding hydrogens is 294 g/mol. The molecule has 1 aromatic carbocycles. The number of hydrogen-bond acceptors (Lipinski definition) is 3. The Morgan fingerprint density at radius 3 is 2.55 bits per heavy atom. The van der Waals surface area contributed by atoms with Gasteiger partial charge in [-0.3, -0.25) is 0 Å². The molecule has 4 nitrogen and oxygen atoms in total. The summed E-state index contributed by atoms with van der Waals surface area (Å²) in [4.78, 5) is 5.93. The Kier molecular flexibility index (Phi) is 6.93. The van der Waals surface area contributed by atoms with E-state index in [0.717, 1.165) is 19.0 Å². The van der Waals surface area contributed by atoms with Gasteiger partial charge in [0.05, 0.1) is 19.7 Å². The molecule has 0 atom stereocenters. The van der Waals surface area contributed by atoms with E-state index in [-0.39, 0.29) is 0 Å². The molecule has 0 aliphatic heterocycles. The highest BCUT2D eigenvalue weighted by atomic mass is 32.1. The van der Waals surface area contributed by atoms with Crippen molar-refractivity contribution in [2.45, 2.75) is 26.6 Å². The average Bonchev–Trinajstić information content (AvgIpc) is 3.05. The Morgan fingerprint density at radius 2 is 1.91 bits per heavy atom. The van der Waals surface area contributed by atoms with Gasteiger partial charge < -0.3 is 15.4 Å². The number of guanidine groups is 1. The van der Waals surface area contributed by atoms with Crippen LogP contribution in [0.5, 0.6) is 0 Å². The monoisotopic (exact) mass is 317 g/mol. The molecule has 1 aromatic heterocycles. The number of ether oxygens (including phenoxy) is 1. The fraction of sp³-hybridized carbons (Fsp3) is 0.353. The van der Waals surface area contributed by atoms with Crippen LogP contribution in [0.3, 0.4) is 0 Å². The zero-order valence-corrected chi connectivity index (χ0v) is 14.0. The van der Waals surface area contributed by atoms with Gasteiger partial charge in [0.15, 0.2) is 5.96 Å². The first kappa shape index (κ1) is 16.5. The van der Waals surface area contributed by atoms with Crippen molar-refractivity contribution in [1.29, 1.82) is 0 Å². The lowest BCUT2D eigenvalue weighted by Gasteiger charge is -2.10. The van der Waals surface area contributed by atoms with Crippen LogP contribution in [-0.4, -0.2) is 19.6 Å². The Labute approximate surface area is 136 Å². The smallest absolute Gasteiger partial charge is 0.191 e. The van der Waals surface area contributed by atoms with Crippen molar-refractivity contribution in [1.82, 2.24) is 10.6 Å². The molecule has 2 aromatic rings. The fourth-order valence-electron chi connectivity index (χ4n) is 2.00. The maximum Gasteiger partial charge on any atom is 0.191 e. The van der Waals surface area contributed by atoms with Crippen molar-refractivity contribution in [2.24, 2.45) is 4.99 Å². The minimum Gasteiger partial charge on any atom is -0.380 e. The van der Waals surface area contributed by atoms with Crippen LogP contribution in [0, 0.1) is 0 Å². The molecule has 0 saturated heterocycles. The second-order valence-electron chi connectivity index (χ2n) is 4.88. The second-order valence-corrected chi connectivity index (χ2v) is 5.91. The third kappa shape index (κ3) is 5.50. The van der Waals surface area contributed by atoms with Gasteiger partial charge in [-0.25, -0.2) is 4.99 Å². The molecule has 0 aliphatic carbocycles. The Hall–Kier alpha value is -1.85. The summed E-state index contributed by atoms with van der Waals surface area (Å²) >= 11 is 1.75. The van der Waals surface area contributed by atoms with Gasteiger partial charge in [0.2, 0.25) is 0 Å². The molecule has 5 heteroatoms. The van der Waals surface area contributed by atoms with Crippen LogP contribution in [0.25, 0.3) is 0 Å². The largest absolute Gasteiger partial charge is 0.380 e. The molecule has 0 fully saturated rings. The predicted molar refractivity (Wildman–Crippen MR) is 93.1 cm³/mol. The summed E-state index contributed by atoms with van der Waals surface area (Å²) in [5.41, 5.74) is 2.37. The van der Waals surface area contributed by atoms with Crippen LogP contribution in [-0.2, 0) is 24.4 Å². The summed E-state index contributed by atoms with van der Waals surface area (Å²) in [6, 6.07) is 12.5. The predicted octanol–water partition coefficient (Wildman–Crippen LogP) is 3.15. The van der Waals surface area contributed by atoms with Crippen molar-refractivity contribution in [3.63, 3.8) is 0 Å².